The second-order valence-electron chi connectivity index (χ2n) is 5.61. The molecule has 3 aromatic carbocycles. The molecule has 1 amide bonds. The van der Waals surface area contributed by atoms with E-state index in [0.717, 1.165) is 27.8 Å². The van der Waals surface area contributed by atoms with Crippen molar-refractivity contribution in [2.24, 2.45) is 0 Å². The fraction of sp³-hybridized carbons (Fsp3) is 0. The maximum absolute atomic E-state index is 13.0. The van der Waals surface area contributed by atoms with Crippen LogP contribution >= 0.6 is 0 Å². The van der Waals surface area contributed by atoms with Gasteiger partial charge in [-0.3, -0.25) is 4.79 Å². The molecule has 0 saturated carbocycles. The molecule has 0 bridgehead atoms. The van der Waals surface area contributed by atoms with Gasteiger partial charge in [-0.15, -0.1) is 0 Å². The van der Waals surface area contributed by atoms with Crippen molar-refractivity contribution in [2.75, 3.05) is 5.32 Å². The molecule has 3 nitrogen and oxygen atoms in total. The minimum absolute atomic E-state index is 0.113. The van der Waals surface area contributed by atoms with E-state index in [2.05, 4.69) is 10.3 Å². The molecule has 1 aromatic heterocycles. The number of para-hydroxylation sites is 2. The minimum atomic E-state index is -0.113. The molecule has 0 aliphatic rings. The van der Waals surface area contributed by atoms with Crippen LogP contribution in [0.1, 0.15) is 10.4 Å². The summed E-state index contributed by atoms with van der Waals surface area (Å²) in [6.07, 6.45) is 0. The van der Waals surface area contributed by atoms with Crippen LogP contribution in [0.3, 0.4) is 0 Å². The molecule has 0 saturated heterocycles. The van der Waals surface area contributed by atoms with Crippen molar-refractivity contribution in [3.8, 4) is 11.3 Å². The third-order valence-electron chi connectivity index (χ3n) is 4.03. The van der Waals surface area contributed by atoms with Gasteiger partial charge in [0.1, 0.15) is 0 Å². The Morgan fingerprint density at radius 1 is 0.750 bits per heavy atom. The van der Waals surface area contributed by atoms with E-state index in [0.29, 0.717) is 5.56 Å². The smallest absolute Gasteiger partial charge is 0.258 e. The number of anilines is 1. The van der Waals surface area contributed by atoms with Crippen molar-refractivity contribution in [1.82, 2.24) is 4.98 Å². The summed E-state index contributed by atoms with van der Waals surface area (Å²) in [4.78, 5) is 16.3. The second kappa shape index (κ2) is 6.05. The molecule has 0 aliphatic carbocycles. The summed E-state index contributed by atoms with van der Waals surface area (Å²) in [5, 5.41) is 3.91. The van der Waals surface area contributed by atoms with Gasteiger partial charge >= 0.3 is 0 Å². The highest BCUT2D eigenvalue weighted by Gasteiger charge is 2.19. The van der Waals surface area contributed by atoms with Crippen molar-refractivity contribution in [3.63, 3.8) is 0 Å². The molecule has 0 atom stereocenters. The third-order valence-corrected chi connectivity index (χ3v) is 4.03. The number of benzene rings is 3. The monoisotopic (exact) mass is 312 g/mol. The second-order valence-corrected chi connectivity index (χ2v) is 5.61. The lowest BCUT2D eigenvalue weighted by Crippen LogP contribution is -2.12. The first-order valence-electron chi connectivity index (χ1n) is 7.85. The van der Waals surface area contributed by atoms with E-state index in [1.54, 1.807) is 0 Å². The quantitative estimate of drug-likeness (QED) is 0.544. The van der Waals surface area contributed by atoms with Crippen molar-refractivity contribution >= 4 is 22.5 Å². The Kier molecular flexibility index (Phi) is 3.60. The van der Waals surface area contributed by atoms with Crippen LogP contribution in [0, 0.1) is 0 Å². The van der Waals surface area contributed by atoms with E-state index in [4.69, 9.17) is 0 Å². The molecule has 116 valence electrons. The van der Waals surface area contributed by atoms with Crippen LogP contribution in [0.2, 0.25) is 0 Å². The number of rotatable bonds is 3. The summed E-state index contributed by atoms with van der Waals surface area (Å²) in [6.45, 7) is 0. The van der Waals surface area contributed by atoms with Crippen LogP contribution in [-0.4, -0.2) is 10.9 Å². The molecule has 2 N–H and O–H groups in total. The number of nitrogens with one attached hydrogen (secondary N) is 2. The van der Waals surface area contributed by atoms with Crippen LogP contribution in [0.4, 0.5) is 5.69 Å². The van der Waals surface area contributed by atoms with Gasteiger partial charge in [0.25, 0.3) is 5.91 Å². The highest BCUT2D eigenvalue weighted by atomic mass is 16.1. The van der Waals surface area contributed by atoms with Crippen LogP contribution in [0.15, 0.2) is 84.9 Å². The zero-order chi connectivity index (χ0) is 16.4. The predicted octanol–water partition coefficient (Wildman–Crippen LogP) is 5.09. The summed E-state index contributed by atoms with van der Waals surface area (Å²) in [5.41, 5.74) is 4.24. The van der Waals surface area contributed by atoms with Crippen LogP contribution in [0.25, 0.3) is 22.2 Å². The molecule has 3 heteroatoms. The van der Waals surface area contributed by atoms with E-state index in [9.17, 15) is 4.79 Å². The van der Waals surface area contributed by atoms with Gasteiger partial charge in [-0.1, -0.05) is 66.7 Å². The fourth-order valence-electron chi connectivity index (χ4n) is 2.91. The Hall–Kier alpha value is -3.33. The molecule has 4 aromatic rings. The van der Waals surface area contributed by atoms with Crippen molar-refractivity contribution < 1.29 is 4.79 Å². The van der Waals surface area contributed by atoms with E-state index >= 15 is 0 Å². The number of fused-ring (bicyclic) bond motifs is 1. The summed E-state index contributed by atoms with van der Waals surface area (Å²) >= 11 is 0. The highest BCUT2D eigenvalue weighted by molar-refractivity contribution is 6.17. The van der Waals surface area contributed by atoms with Gasteiger partial charge in [0, 0.05) is 16.6 Å². The molecule has 0 unspecified atom stereocenters. The molecule has 0 spiro atoms. The standard InChI is InChI=1S/C21H16N2O/c24-21(22-16-11-5-2-6-12-16)19-17-13-7-8-14-18(17)23-20(19)15-9-3-1-4-10-15/h1-14,23H,(H,22,24). The zero-order valence-electron chi connectivity index (χ0n) is 13.0. The largest absolute Gasteiger partial charge is 0.354 e. The number of hydrogen-bond acceptors (Lipinski definition) is 1. The molecule has 4 rings (SSSR count). The SMILES string of the molecule is O=C(Nc1ccccc1)c1c(-c2ccccc2)[nH]c2ccccc12. The van der Waals surface area contributed by atoms with E-state index in [-0.39, 0.29) is 5.91 Å². The molecule has 1 heterocycles. The van der Waals surface area contributed by atoms with Gasteiger partial charge in [-0.05, 0) is 23.8 Å². The Morgan fingerprint density at radius 2 is 1.38 bits per heavy atom. The average Bonchev–Trinajstić information content (AvgIpc) is 3.03. The van der Waals surface area contributed by atoms with Crippen molar-refractivity contribution in [2.45, 2.75) is 0 Å². The van der Waals surface area contributed by atoms with Crippen molar-refractivity contribution in [1.29, 1.82) is 0 Å². The molecule has 0 aliphatic heterocycles. The highest BCUT2D eigenvalue weighted by Crippen LogP contribution is 2.30. The van der Waals surface area contributed by atoms with Gasteiger partial charge in [-0.25, -0.2) is 0 Å². The first-order valence-corrected chi connectivity index (χ1v) is 7.85. The number of aromatic nitrogens is 1. The molecule has 0 radical (unpaired) electrons. The van der Waals surface area contributed by atoms with Gasteiger partial charge in [0.05, 0.1) is 11.3 Å². The fourth-order valence-corrected chi connectivity index (χ4v) is 2.91. The Labute approximate surface area is 140 Å². The van der Waals surface area contributed by atoms with Gasteiger partial charge in [0.2, 0.25) is 0 Å². The molecule has 0 fully saturated rings. The first kappa shape index (κ1) is 14.3. The van der Waals surface area contributed by atoms with Gasteiger partial charge in [-0.2, -0.15) is 0 Å². The topological polar surface area (TPSA) is 44.9 Å². The Balaban J connectivity index is 1.85. The maximum Gasteiger partial charge on any atom is 0.258 e. The number of amides is 1. The number of hydrogen-bond donors (Lipinski definition) is 2. The van der Waals surface area contributed by atoms with Gasteiger partial charge in [0.15, 0.2) is 0 Å². The summed E-state index contributed by atoms with van der Waals surface area (Å²) in [7, 11) is 0. The zero-order valence-corrected chi connectivity index (χ0v) is 13.0. The number of aromatic amines is 1. The van der Waals surface area contributed by atoms with E-state index < -0.39 is 0 Å². The normalized spacial score (nSPS) is 10.7. The van der Waals surface area contributed by atoms with E-state index in [1.807, 2.05) is 84.9 Å². The Bertz CT molecular complexity index is 988. The number of H-pyrrole nitrogens is 1. The van der Waals surface area contributed by atoms with Gasteiger partial charge < -0.3 is 10.3 Å². The lowest BCUT2D eigenvalue weighted by atomic mass is 10.0. The number of carbonyl (C=O) groups is 1. The predicted molar refractivity (Wildman–Crippen MR) is 98.1 cm³/mol. The summed E-state index contributed by atoms with van der Waals surface area (Å²) in [5.74, 6) is -0.113. The lowest BCUT2D eigenvalue weighted by molar-refractivity contribution is 0.102. The summed E-state index contributed by atoms with van der Waals surface area (Å²) < 4.78 is 0. The Morgan fingerprint density at radius 3 is 2.12 bits per heavy atom. The van der Waals surface area contributed by atoms with Crippen LogP contribution in [-0.2, 0) is 0 Å². The molecular weight excluding hydrogens is 296 g/mol. The third kappa shape index (κ3) is 2.57. The van der Waals surface area contributed by atoms with E-state index in [1.165, 1.54) is 0 Å². The van der Waals surface area contributed by atoms with Crippen LogP contribution < -0.4 is 5.32 Å². The minimum Gasteiger partial charge on any atom is -0.354 e. The van der Waals surface area contributed by atoms with Crippen LogP contribution in [0.5, 0.6) is 0 Å². The van der Waals surface area contributed by atoms with Crippen molar-refractivity contribution in [3.05, 3.63) is 90.5 Å². The summed E-state index contributed by atoms with van der Waals surface area (Å²) in [6, 6.07) is 27.3. The number of carbonyl (C=O) groups excluding carboxylic acids is 1. The molecule has 24 heavy (non-hydrogen) atoms. The lowest BCUT2D eigenvalue weighted by Gasteiger charge is -2.07. The molecular formula is C21H16N2O. The maximum atomic E-state index is 13.0. The first-order chi connectivity index (χ1) is 11.8. The average molecular weight is 312 g/mol.